The van der Waals surface area contributed by atoms with Gasteiger partial charge in [0.25, 0.3) is 0 Å². The lowest BCUT2D eigenvalue weighted by Crippen LogP contribution is -2.53. The quantitative estimate of drug-likeness (QED) is 0.262. The average Bonchev–Trinajstić information content (AvgIpc) is 3.40. The Balaban J connectivity index is 1.46. The van der Waals surface area contributed by atoms with Crippen molar-refractivity contribution in [3.8, 4) is 0 Å². The number of nitrogens with two attached hydrogens (primary N) is 1. The van der Waals surface area contributed by atoms with Crippen LogP contribution in [-0.2, 0) is 44.0 Å². The number of nitrogens with zero attached hydrogens (tertiary/aromatic N) is 1. The molecule has 41 heavy (non-hydrogen) atoms. The van der Waals surface area contributed by atoms with Gasteiger partial charge in [-0.15, -0.1) is 0 Å². The number of primary amides is 1. The molecule has 3 heterocycles. The molecule has 4 rings (SSSR count). The van der Waals surface area contributed by atoms with Crippen LogP contribution in [0.15, 0.2) is 54.4 Å². The third-order valence-corrected chi connectivity index (χ3v) is 9.49. The maximum atomic E-state index is 13.8. The Kier molecular flexibility index (Phi) is 9.87. The lowest BCUT2D eigenvalue weighted by atomic mass is 10.00. The van der Waals surface area contributed by atoms with Crippen LogP contribution >= 0.6 is 19.5 Å². The predicted molar refractivity (Wildman–Crippen MR) is 155 cm³/mol. The first-order chi connectivity index (χ1) is 19.2. The molecule has 3 aliphatic heterocycles. The number of allylic oxidation sites excluding steroid dienone is 1. The van der Waals surface area contributed by atoms with Crippen LogP contribution in [0.1, 0.15) is 46.6 Å². The van der Waals surface area contributed by atoms with Gasteiger partial charge in [-0.25, -0.2) is 9.65 Å². The van der Waals surface area contributed by atoms with E-state index in [1.807, 2.05) is 63.4 Å². The minimum absolute atomic E-state index is 0.0195. The van der Waals surface area contributed by atoms with E-state index in [0.29, 0.717) is 17.7 Å². The van der Waals surface area contributed by atoms with Crippen molar-refractivity contribution in [2.75, 3.05) is 25.6 Å². The monoisotopic (exact) mass is 609 g/mol. The summed E-state index contributed by atoms with van der Waals surface area (Å²) in [6.07, 6.45) is 4.39. The highest BCUT2D eigenvalue weighted by atomic mass is 32.2. The molecule has 4 unspecified atom stereocenters. The van der Waals surface area contributed by atoms with E-state index in [1.54, 1.807) is 24.9 Å². The minimum Gasteiger partial charge on any atom is -0.368 e. The summed E-state index contributed by atoms with van der Waals surface area (Å²) in [6, 6.07) is 9.46. The molecular weight excluding hydrogens is 569 g/mol. The largest absolute Gasteiger partial charge is 0.405 e. The van der Waals surface area contributed by atoms with Gasteiger partial charge in [0, 0.05) is 35.7 Å². The van der Waals surface area contributed by atoms with Crippen LogP contribution in [0.25, 0.3) is 0 Å². The van der Waals surface area contributed by atoms with E-state index < -0.39 is 42.8 Å². The molecule has 3 aliphatic rings. The fraction of sp³-hybridized carbons (Fsp3) is 0.571. The van der Waals surface area contributed by atoms with Crippen molar-refractivity contribution in [3.05, 3.63) is 59.9 Å². The minimum atomic E-state index is -3.84. The van der Waals surface area contributed by atoms with Crippen LogP contribution in [0, 0.1) is 5.41 Å². The SMILES string of the molecule is CC1(C)OC2C(COP(=O)(NCc3ccccc3)OCCSC(=O)C(C)(C)C)OCC2(N2C=CCC(C(N)=O)=C2)O1. The molecule has 13 heteroatoms. The maximum Gasteiger partial charge on any atom is 0.405 e. The molecule has 1 aromatic carbocycles. The average molecular weight is 610 g/mol. The van der Waals surface area contributed by atoms with Gasteiger partial charge in [-0.05, 0) is 25.8 Å². The van der Waals surface area contributed by atoms with Crippen molar-refractivity contribution in [2.45, 2.75) is 71.3 Å². The summed E-state index contributed by atoms with van der Waals surface area (Å²) in [6.45, 7) is 9.40. The first-order valence-electron chi connectivity index (χ1n) is 13.5. The summed E-state index contributed by atoms with van der Waals surface area (Å²) >= 11 is 1.13. The van der Waals surface area contributed by atoms with Crippen LogP contribution in [-0.4, -0.2) is 65.2 Å². The number of nitrogens with one attached hydrogen (secondary N) is 1. The normalized spacial score (nSPS) is 26.9. The molecule has 2 saturated heterocycles. The Bertz CT molecular complexity index is 1220. The Labute approximate surface area is 245 Å². The third-order valence-electron chi connectivity index (χ3n) is 6.69. The third kappa shape index (κ3) is 7.88. The number of thioether (sulfide) groups is 1. The molecule has 11 nitrogen and oxygen atoms in total. The van der Waals surface area contributed by atoms with Gasteiger partial charge in [-0.1, -0.05) is 68.9 Å². The fourth-order valence-corrected chi connectivity index (χ4v) is 6.87. The van der Waals surface area contributed by atoms with Gasteiger partial charge in [0.1, 0.15) is 12.2 Å². The number of hydrogen-bond donors (Lipinski definition) is 2. The molecule has 1 aromatic rings. The molecule has 3 N–H and O–H groups in total. The first kappa shape index (κ1) is 31.9. The summed E-state index contributed by atoms with van der Waals surface area (Å²) < 4.78 is 44.2. The van der Waals surface area contributed by atoms with Crippen molar-refractivity contribution >= 4 is 30.5 Å². The van der Waals surface area contributed by atoms with Gasteiger partial charge in [-0.3, -0.25) is 18.6 Å². The van der Waals surface area contributed by atoms with Crippen molar-refractivity contribution < 1.29 is 37.4 Å². The predicted octanol–water partition coefficient (Wildman–Crippen LogP) is 4.06. The summed E-state index contributed by atoms with van der Waals surface area (Å²) in [5, 5.41) is 2.95. The van der Waals surface area contributed by atoms with E-state index in [9.17, 15) is 14.2 Å². The highest BCUT2D eigenvalue weighted by Gasteiger charge is 2.64. The van der Waals surface area contributed by atoms with Gasteiger partial charge in [0.05, 0.1) is 19.8 Å². The fourth-order valence-electron chi connectivity index (χ4n) is 4.66. The molecule has 0 spiro atoms. The van der Waals surface area contributed by atoms with Crippen LogP contribution in [0.4, 0.5) is 0 Å². The Hall–Kier alpha value is -2.02. The topological polar surface area (TPSA) is 139 Å². The molecule has 0 aromatic heterocycles. The second-order valence-electron chi connectivity index (χ2n) is 11.6. The summed E-state index contributed by atoms with van der Waals surface area (Å²) in [5.41, 5.74) is 5.29. The van der Waals surface area contributed by atoms with Crippen LogP contribution in [0.5, 0.6) is 0 Å². The zero-order chi connectivity index (χ0) is 29.9. The molecule has 226 valence electrons. The van der Waals surface area contributed by atoms with E-state index in [4.69, 9.17) is 29.0 Å². The lowest BCUT2D eigenvalue weighted by molar-refractivity contribution is -0.208. The molecular formula is C28H40N3O8PS. The van der Waals surface area contributed by atoms with E-state index in [1.165, 1.54) is 0 Å². The Morgan fingerprint density at radius 2 is 1.95 bits per heavy atom. The standard InChI is InChI=1S/C28H40N3O8PS/c1-26(2,3)25(33)41-15-14-36-40(34,30-16-20-10-7-6-8-11-20)37-18-22-23-28(19-35-22,39-27(4,5)38-23)31-13-9-12-21(17-31)24(29)32/h6-11,13,17,22-23H,12,14-16,18-19H2,1-5H3,(H2,29,32)(H,30,34). The van der Waals surface area contributed by atoms with Crippen molar-refractivity contribution in [1.82, 2.24) is 9.99 Å². The zero-order valence-corrected chi connectivity index (χ0v) is 25.9. The van der Waals surface area contributed by atoms with E-state index in [0.717, 1.165) is 17.3 Å². The van der Waals surface area contributed by atoms with E-state index in [-0.39, 0.29) is 31.5 Å². The number of hydrogen-bond acceptors (Lipinski definition) is 10. The molecule has 0 aliphatic carbocycles. The molecule has 0 radical (unpaired) electrons. The Morgan fingerprint density at radius 3 is 2.63 bits per heavy atom. The number of carbonyl (C=O) groups is 2. The molecule has 4 atom stereocenters. The van der Waals surface area contributed by atoms with Crippen molar-refractivity contribution in [3.63, 3.8) is 0 Å². The maximum absolute atomic E-state index is 13.8. The van der Waals surface area contributed by atoms with E-state index >= 15 is 0 Å². The number of ether oxygens (including phenoxy) is 3. The molecule has 1 amide bonds. The van der Waals surface area contributed by atoms with Gasteiger partial charge >= 0.3 is 7.75 Å². The van der Waals surface area contributed by atoms with Gasteiger partial charge in [-0.2, -0.15) is 0 Å². The summed E-state index contributed by atoms with van der Waals surface area (Å²) in [7, 11) is -3.84. The number of carbonyl (C=O) groups excluding carboxylic acids is 2. The van der Waals surface area contributed by atoms with Crippen molar-refractivity contribution in [2.24, 2.45) is 11.1 Å². The van der Waals surface area contributed by atoms with Crippen LogP contribution in [0.3, 0.4) is 0 Å². The number of rotatable bonds is 12. The first-order valence-corrected chi connectivity index (χ1v) is 16.1. The van der Waals surface area contributed by atoms with Crippen LogP contribution < -0.4 is 10.8 Å². The zero-order valence-electron chi connectivity index (χ0n) is 24.2. The second-order valence-corrected chi connectivity index (χ2v) is 14.5. The second kappa shape index (κ2) is 12.7. The molecule has 0 bridgehead atoms. The Morgan fingerprint density at radius 1 is 1.22 bits per heavy atom. The number of benzene rings is 1. The summed E-state index contributed by atoms with van der Waals surface area (Å²) in [5.74, 6) is -1.15. The highest BCUT2D eigenvalue weighted by Crippen LogP contribution is 2.49. The number of amides is 1. The van der Waals surface area contributed by atoms with Gasteiger partial charge in [0.2, 0.25) is 5.91 Å². The number of fused-ring (bicyclic) bond motifs is 1. The molecule has 2 fully saturated rings. The lowest BCUT2D eigenvalue weighted by Gasteiger charge is -2.37. The van der Waals surface area contributed by atoms with Crippen molar-refractivity contribution in [1.29, 1.82) is 0 Å². The smallest absolute Gasteiger partial charge is 0.368 e. The van der Waals surface area contributed by atoms with E-state index in [2.05, 4.69) is 5.09 Å². The van der Waals surface area contributed by atoms with Crippen LogP contribution in [0.2, 0.25) is 0 Å². The molecule has 0 saturated carbocycles. The highest BCUT2D eigenvalue weighted by molar-refractivity contribution is 8.13. The van der Waals surface area contributed by atoms with Gasteiger partial charge in [0.15, 0.2) is 16.6 Å². The van der Waals surface area contributed by atoms with Gasteiger partial charge < -0.3 is 24.8 Å². The summed E-state index contributed by atoms with van der Waals surface area (Å²) in [4.78, 5) is 25.9.